The van der Waals surface area contributed by atoms with Crippen LogP contribution in [0.2, 0.25) is 5.02 Å². The number of nitrogens with one attached hydrogen (secondary N) is 1. The van der Waals surface area contributed by atoms with Crippen LogP contribution in [0.5, 0.6) is 0 Å². The van der Waals surface area contributed by atoms with Crippen molar-refractivity contribution < 1.29 is 18.7 Å². The maximum Gasteiger partial charge on any atom is 0.358 e. The number of esters is 1. The van der Waals surface area contributed by atoms with Crippen LogP contribution >= 0.6 is 11.6 Å². The van der Waals surface area contributed by atoms with Crippen molar-refractivity contribution in [1.82, 2.24) is 15.1 Å². The number of benzene rings is 2. The fourth-order valence-corrected chi connectivity index (χ4v) is 3.27. The summed E-state index contributed by atoms with van der Waals surface area (Å²) in [7, 11) is 0. The van der Waals surface area contributed by atoms with Gasteiger partial charge in [0.1, 0.15) is 5.76 Å². The zero-order valence-corrected chi connectivity index (χ0v) is 18.0. The van der Waals surface area contributed by atoms with Crippen LogP contribution in [0.3, 0.4) is 0 Å². The predicted octanol–water partition coefficient (Wildman–Crippen LogP) is 4.89. The van der Waals surface area contributed by atoms with E-state index >= 15 is 0 Å². The summed E-state index contributed by atoms with van der Waals surface area (Å²) >= 11 is 6.02. The molecule has 0 radical (unpaired) electrons. The second-order valence-corrected chi connectivity index (χ2v) is 7.30. The Morgan fingerprint density at radius 1 is 1.09 bits per heavy atom. The molecule has 2 aromatic heterocycles. The van der Waals surface area contributed by atoms with E-state index in [-0.39, 0.29) is 18.2 Å². The van der Waals surface area contributed by atoms with E-state index in [1.807, 2.05) is 12.1 Å². The van der Waals surface area contributed by atoms with Crippen molar-refractivity contribution >= 4 is 23.5 Å². The molecule has 1 amide bonds. The highest BCUT2D eigenvalue weighted by atomic mass is 35.5. The van der Waals surface area contributed by atoms with Crippen molar-refractivity contribution in [3.63, 3.8) is 0 Å². The largest absolute Gasteiger partial charge is 0.467 e. The first-order valence-electron chi connectivity index (χ1n) is 9.99. The lowest BCUT2D eigenvalue weighted by molar-refractivity contribution is 0.0519. The molecule has 2 heterocycles. The van der Waals surface area contributed by atoms with Crippen LogP contribution < -0.4 is 5.32 Å². The minimum absolute atomic E-state index is 0.192. The van der Waals surface area contributed by atoms with Gasteiger partial charge in [-0.05, 0) is 61.5 Å². The number of hydrogen-bond acceptors (Lipinski definition) is 5. The standard InChI is InChI=1S/C24H20ClN3O4/c1-2-31-24(30)21-14-22(16-5-9-18(25)10-6-16)28(27-21)19-11-7-17(8-12-19)23(29)26-15-20-4-3-13-32-20/h3-14H,2,15H2,1H3,(H,26,29). The molecule has 0 aliphatic rings. The minimum Gasteiger partial charge on any atom is -0.467 e. The topological polar surface area (TPSA) is 86.4 Å². The Bertz CT molecular complexity index is 1210. The van der Waals surface area contributed by atoms with Gasteiger partial charge in [0, 0.05) is 16.1 Å². The second kappa shape index (κ2) is 9.53. The Morgan fingerprint density at radius 2 is 1.84 bits per heavy atom. The van der Waals surface area contributed by atoms with E-state index in [4.69, 9.17) is 20.8 Å². The quantitative estimate of drug-likeness (QED) is 0.406. The molecular formula is C24H20ClN3O4. The number of aromatic nitrogens is 2. The summed E-state index contributed by atoms with van der Waals surface area (Å²) in [5.74, 6) is -0.0560. The smallest absolute Gasteiger partial charge is 0.358 e. The van der Waals surface area contributed by atoms with Gasteiger partial charge in [0.05, 0.1) is 30.8 Å². The van der Waals surface area contributed by atoms with Gasteiger partial charge in [0.25, 0.3) is 5.91 Å². The van der Waals surface area contributed by atoms with Crippen molar-refractivity contribution in [2.75, 3.05) is 6.61 Å². The Balaban J connectivity index is 1.62. The third-order valence-electron chi connectivity index (χ3n) is 4.71. The maximum atomic E-state index is 12.4. The molecule has 0 spiro atoms. The number of ether oxygens (including phenoxy) is 1. The third kappa shape index (κ3) is 4.73. The van der Waals surface area contributed by atoms with Gasteiger partial charge in [-0.3, -0.25) is 4.79 Å². The Morgan fingerprint density at radius 3 is 2.50 bits per heavy atom. The van der Waals surface area contributed by atoms with Crippen molar-refractivity contribution in [2.45, 2.75) is 13.5 Å². The molecule has 2 aromatic carbocycles. The summed E-state index contributed by atoms with van der Waals surface area (Å²) in [5, 5.41) is 7.85. The molecule has 0 aliphatic heterocycles. The number of carbonyl (C=O) groups is 2. The van der Waals surface area contributed by atoms with E-state index in [0.717, 1.165) is 5.56 Å². The summed E-state index contributed by atoms with van der Waals surface area (Å²) in [6, 6.07) is 19.4. The zero-order valence-electron chi connectivity index (χ0n) is 17.2. The number of rotatable bonds is 7. The van der Waals surface area contributed by atoms with Crippen LogP contribution in [-0.4, -0.2) is 28.3 Å². The summed E-state index contributed by atoms with van der Waals surface area (Å²) in [4.78, 5) is 24.7. The normalized spacial score (nSPS) is 10.7. The second-order valence-electron chi connectivity index (χ2n) is 6.86. The van der Waals surface area contributed by atoms with Gasteiger partial charge in [-0.1, -0.05) is 23.7 Å². The molecule has 4 rings (SSSR count). The maximum absolute atomic E-state index is 12.4. The number of amides is 1. The molecule has 0 bridgehead atoms. The molecule has 0 fully saturated rings. The van der Waals surface area contributed by atoms with Crippen molar-refractivity contribution in [1.29, 1.82) is 0 Å². The lowest BCUT2D eigenvalue weighted by Gasteiger charge is -2.09. The number of nitrogens with zero attached hydrogens (tertiary/aromatic N) is 2. The van der Waals surface area contributed by atoms with E-state index in [0.29, 0.717) is 34.3 Å². The van der Waals surface area contributed by atoms with Crippen LogP contribution in [0, 0.1) is 0 Å². The molecule has 8 heteroatoms. The molecule has 162 valence electrons. The van der Waals surface area contributed by atoms with Crippen molar-refractivity contribution in [3.05, 3.63) is 95.0 Å². The molecule has 0 saturated carbocycles. The third-order valence-corrected chi connectivity index (χ3v) is 4.96. The highest BCUT2D eigenvalue weighted by Gasteiger charge is 2.18. The van der Waals surface area contributed by atoms with Gasteiger partial charge in [-0.25, -0.2) is 9.48 Å². The molecule has 1 N–H and O–H groups in total. The zero-order chi connectivity index (χ0) is 22.5. The predicted molar refractivity (Wildman–Crippen MR) is 120 cm³/mol. The fourth-order valence-electron chi connectivity index (χ4n) is 3.15. The molecule has 0 aliphatic carbocycles. The van der Waals surface area contributed by atoms with E-state index in [2.05, 4.69) is 10.4 Å². The fraction of sp³-hybridized carbons (Fsp3) is 0.125. The molecule has 32 heavy (non-hydrogen) atoms. The van der Waals surface area contributed by atoms with Gasteiger partial charge in [0.15, 0.2) is 5.69 Å². The minimum atomic E-state index is -0.504. The molecular weight excluding hydrogens is 430 g/mol. The van der Waals surface area contributed by atoms with Crippen molar-refractivity contribution in [3.8, 4) is 16.9 Å². The van der Waals surface area contributed by atoms with E-state index < -0.39 is 5.97 Å². The van der Waals surface area contributed by atoms with E-state index in [1.165, 1.54) is 0 Å². The monoisotopic (exact) mass is 449 g/mol. The van der Waals surface area contributed by atoms with Crippen LogP contribution in [0.1, 0.15) is 33.5 Å². The van der Waals surface area contributed by atoms with E-state index in [9.17, 15) is 9.59 Å². The highest BCUT2D eigenvalue weighted by molar-refractivity contribution is 6.30. The SMILES string of the molecule is CCOC(=O)c1cc(-c2ccc(Cl)cc2)n(-c2ccc(C(=O)NCc3ccco3)cc2)n1. The van der Waals surface area contributed by atoms with Gasteiger partial charge in [-0.15, -0.1) is 0 Å². The summed E-state index contributed by atoms with van der Waals surface area (Å²) in [6.45, 7) is 2.30. The Labute approximate surface area is 189 Å². The number of halogens is 1. The molecule has 0 saturated heterocycles. The van der Waals surface area contributed by atoms with Gasteiger partial charge in [-0.2, -0.15) is 5.10 Å². The average molecular weight is 450 g/mol. The lowest BCUT2D eigenvalue weighted by Crippen LogP contribution is -2.22. The Hall–Kier alpha value is -3.84. The van der Waals surface area contributed by atoms with Crippen LogP contribution in [0.15, 0.2) is 77.4 Å². The van der Waals surface area contributed by atoms with Gasteiger partial charge in [0.2, 0.25) is 0 Å². The summed E-state index contributed by atoms with van der Waals surface area (Å²) in [5.41, 5.74) is 2.90. The van der Waals surface area contributed by atoms with Crippen molar-refractivity contribution in [2.24, 2.45) is 0 Å². The summed E-state index contributed by atoms with van der Waals surface area (Å²) in [6.07, 6.45) is 1.56. The van der Waals surface area contributed by atoms with E-state index in [1.54, 1.807) is 72.5 Å². The Kier molecular flexibility index (Phi) is 6.37. The van der Waals surface area contributed by atoms with Crippen LogP contribution in [-0.2, 0) is 11.3 Å². The first-order valence-corrected chi connectivity index (χ1v) is 10.4. The van der Waals surface area contributed by atoms with Gasteiger partial charge < -0.3 is 14.5 Å². The molecule has 7 nitrogen and oxygen atoms in total. The summed E-state index contributed by atoms with van der Waals surface area (Å²) < 4.78 is 12.0. The number of hydrogen-bond donors (Lipinski definition) is 1. The first kappa shape index (κ1) is 21.4. The number of furan rings is 1. The average Bonchev–Trinajstić information content (AvgIpc) is 3.49. The number of carbonyl (C=O) groups excluding carboxylic acids is 2. The highest BCUT2D eigenvalue weighted by Crippen LogP contribution is 2.26. The first-order chi connectivity index (χ1) is 15.5. The molecule has 0 unspecified atom stereocenters. The molecule has 0 atom stereocenters. The van der Waals surface area contributed by atoms with Gasteiger partial charge >= 0.3 is 5.97 Å². The van der Waals surface area contributed by atoms with Crippen LogP contribution in [0.4, 0.5) is 0 Å². The van der Waals surface area contributed by atoms with Crippen LogP contribution in [0.25, 0.3) is 16.9 Å². The molecule has 4 aromatic rings. The lowest BCUT2D eigenvalue weighted by atomic mass is 10.1.